The van der Waals surface area contributed by atoms with E-state index in [2.05, 4.69) is 17.8 Å². The number of rotatable bonds is 1. The summed E-state index contributed by atoms with van der Waals surface area (Å²) in [6, 6.07) is -0.148. The van der Waals surface area contributed by atoms with E-state index in [9.17, 15) is 4.79 Å². The van der Waals surface area contributed by atoms with Crippen LogP contribution in [-0.4, -0.2) is 23.2 Å². The second-order valence-electron chi connectivity index (χ2n) is 4.85. The minimum absolute atomic E-state index is 0.235. The molecule has 1 heterocycles. The van der Waals surface area contributed by atoms with Gasteiger partial charge in [0.15, 0.2) is 0 Å². The quantitative estimate of drug-likeness (QED) is 0.552. The number of aliphatic carboxylic acids is 1. The summed E-state index contributed by atoms with van der Waals surface area (Å²) in [5.41, 5.74) is 5.98. The molecule has 6 atom stereocenters. The van der Waals surface area contributed by atoms with E-state index >= 15 is 0 Å². The van der Waals surface area contributed by atoms with Crippen LogP contribution in [0, 0.1) is 30.6 Å². The normalized spacial score (nSPS) is 54.9. The van der Waals surface area contributed by atoms with Crippen LogP contribution in [0.2, 0.25) is 0 Å². The standard InChI is InChI=1S/C10H15N2O2/c1-4-6-2-5(6)3-7-8(4)11-12-9(7)10(13)14/h4-9,11-12H,1-3H2,(H,13,14). The van der Waals surface area contributed by atoms with E-state index in [0.717, 1.165) is 18.3 Å². The molecule has 0 bridgehead atoms. The molecule has 3 aliphatic rings. The first-order valence-corrected chi connectivity index (χ1v) is 5.25. The molecule has 4 heteroatoms. The van der Waals surface area contributed by atoms with Crippen molar-refractivity contribution in [3.05, 3.63) is 6.92 Å². The van der Waals surface area contributed by atoms with Crippen molar-refractivity contribution in [2.75, 3.05) is 0 Å². The van der Waals surface area contributed by atoms with Crippen LogP contribution in [0.3, 0.4) is 0 Å². The van der Waals surface area contributed by atoms with Gasteiger partial charge in [0.25, 0.3) is 0 Å². The van der Waals surface area contributed by atoms with Gasteiger partial charge in [-0.1, -0.05) is 0 Å². The Morgan fingerprint density at radius 1 is 1.29 bits per heavy atom. The van der Waals surface area contributed by atoms with Gasteiger partial charge in [-0.15, -0.1) is 0 Å². The second kappa shape index (κ2) is 2.70. The lowest BCUT2D eigenvalue weighted by Crippen LogP contribution is -2.40. The number of nitrogens with one attached hydrogen (secondary N) is 2. The van der Waals surface area contributed by atoms with Gasteiger partial charge in [-0.25, -0.2) is 5.43 Å². The summed E-state index contributed by atoms with van der Waals surface area (Å²) in [5, 5.41) is 9.02. The Morgan fingerprint density at radius 2 is 2.00 bits per heavy atom. The highest BCUT2D eigenvalue weighted by atomic mass is 16.4. The lowest BCUT2D eigenvalue weighted by molar-refractivity contribution is -0.140. The Kier molecular flexibility index (Phi) is 1.67. The molecular weight excluding hydrogens is 180 g/mol. The van der Waals surface area contributed by atoms with Gasteiger partial charge in [-0.3, -0.25) is 10.2 Å². The van der Waals surface area contributed by atoms with Crippen molar-refractivity contribution in [1.82, 2.24) is 10.9 Å². The molecule has 0 spiro atoms. The summed E-state index contributed by atoms with van der Waals surface area (Å²) >= 11 is 0. The largest absolute Gasteiger partial charge is 0.480 e. The molecule has 1 saturated heterocycles. The molecule has 1 radical (unpaired) electrons. The average molecular weight is 195 g/mol. The summed E-state index contributed by atoms with van der Waals surface area (Å²) < 4.78 is 0. The highest BCUT2D eigenvalue weighted by molar-refractivity contribution is 5.74. The van der Waals surface area contributed by atoms with Gasteiger partial charge in [0.2, 0.25) is 0 Å². The van der Waals surface area contributed by atoms with Crippen LogP contribution in [0.25, 0.3) is 0 Å². The van der Waals surface area contributed by atoms with Gasteiger partial charge in [0, 0.05) is 12.0 Å². The van der Waals surface area contributed by atoms with Crippen LogP contribution in [0.4, 0.5) is 0 Å². The number of carboxylic acid groups (broad SMARTS) is 1. The lowest BCUT2D eigenvalue weighted by atomic mass is 9.76. The van der Waals surface area contributed by atoms with Crippen LogP contribution in [0.5, 0.6) is 0 Å². The summed E-state index contributed by atoms with van der Waals surface area (Å²) in [4.78, 5) is 11.0. The highest BCUT2D eigenvalue weighted by Crippen LogP contribution is 2.55. The number of hydrazine groups is 1. The van der Waals surface area contributed by atoms with Gasteiger partial charge >= 0.3 is 5.97 Å². The Bertz CT molecular complexity index is 281. The van der Waals surface area contributed by atoms with Crippen molar-refractivity contribution in [3.8, 4) is 0 Å². The summed E-state index contributed by atoms with van der Waals surface area (Å²) in [5.74, 6) is 1.38. The summed E-state index contributed by atoms with van der Waals surface area (Å²) in [7, 11) is 0. The molecule has 0 aromatic rings. The maximum absolute atomic E-state index is 11.0. The summed E-state index contributed by atoms with van der Waals surface area (Å²) in [6.45, 7) is 4.16. The van der Waals surface area contributed by atoms with E-state index in [0.29, 0.717) is 5.92 Å². The zero-order chi connectivity index (χ0) is 9.87. The molecule has 3 rings (SSSR count). The third kappa shape index (κ3) is 1.04. The molecule has 2 saturated carbocycles. The van der Waals surface area contributed by atoms with Gasteiger partial charge in [-0.05, 0) is 37.5 Å². The van der Waals surface area contributed by atoms with Gasteiger partial charge in [0.05, 0.1) is 0 Å². The van der Waals surface area contributed by atoms with Gasteiger partial charge in [0.1, 0.15) is 6.04 Å². The first-order chi connectivity index (χ1) is 6.68. The maximum Gasteiger partial charge on any atom is 0.322 e. The molecular formula is C10H15N2O2. The van der Waals surface area contributed by atoms with Crippen molar-refractivity contribution >= 4 is 5.97 Å². The minimum Gasteiger partial charge on any atom is -0.480 e. The Labute approximate surface area is 83.0 Å². The Balaban J connectivity index is 1.82. The van der Waals surface area contributed by atoms with Crippen molar-refractivity contribution in [2.45, 2.75) is 24.9 Å². The molecule has 6 unspecified atom stereocenters. The topological polar surface area (TPSA) is 61.4 Å². The first kappa shape index (κ1) is 8.68. The van der Waals surface area contributed by atoms with E-state index in [-0.39, 0.29) is 12.0 Å². The summed E-state index contributed by atoms with van der Waals surface area (Å²) in [6.07, 6.45) is 2.31. The molecule has 0 amide bonds. The molecule has 0 aromatic heterocycles. The third-order valence-electron chi connectivity index (χ3n) is 4.12. The SMILES string of the molecule is [CH2]C1C2CC2CC2C(C(=O)O)NNC12. The zero-order valence-corrected chi connectivity index (χ0v) is 7.94. The van der Waals surface area contributed by atoms with Gasteiger partial charge in [-0.2, -0.15) is 0 Å². The van der Waals surface area contributed by atoms with Crippen molar-refractivity contribution in [2.24, 2.45) is 23.7 Å². The fraction of sp³-hybridized carbons (Fsp3) is 0.800. The monoisotopic (exact) mass is 195 g/mol. The maximum atomic E-state index is 11.0. The van der Waals surface area contributed by atoms with Crippen LogP contribution >= 0.6 is 0 Å². The zero-order valence-electron chi connectivity index (χ0n) is 7.94. The molecule has 14 heavy (non-hydrogen) atoms. The number of carbonyl (C=O) groups is 1. The smallest absolute Gasteiger partial charge is 0.322 e. The van der Waals surface area contributed by atoms with Crippen LogP contribution in [-0.2, 0) is 4.79 Å². The van der Waals surface area contributed by atoms with Crippen molar-refractivity contribution in [3.63, 3.8) is 0 Å². The number of fused-ring (bicyclic) bond motifs is 2. The minimum atomic E-state index is -0.740. The number of hydrogen-bond acceptors (Lipinski definition) is 3. The van der Waals surface area contributed by atoms with E-state index < -0.39 is 12.0 Å². The third-order valence-corrected chi connectivity index (χ3v) is 4.12. The lowest BCUT2D eigenvalue weighted by Gasteiger charge is -2.30. The molecule has 4 nitrogen and oxygen atoms in total. The Hall–Kier alpha value is -0.610. The molecule has 1 aliphatic heterocycles. The second-order valence-corrected chi connectivity index (χ2v) is 4.85. The average Bonchev–Trinajstić information content (AvgIpc) is 2.76. The fourth-order valence-corrected chi connectivity index (χ4v) is 3.24. The molecule has 2 aliphatic carbocycles. The first-order valence-electron chi connectivity index (χ1n) is 5.25. The van der Waals surface area contributed by atoms with Crippen LogP contribution < -0.4 is 10.9 Å². The highest BCUT2D eigenvalue weighted by Gasteiger charge is 2.56. The van der Waals surface area contributed by atoms with Gasteiger partial charge < -0.3 is 5.11 Å². The molecule has 3 fully saturated rings. The van der Waals surface area contributed by atoms with Crippen LogP contribution in [0.1, 0.15) is 12.8 Å². The number of carboxylic acids is 1. The van der Waals surface area contributed by atoms with E-state index in [1.54, 1.807) is 0 Å². The fourth-order valence-electron chi connectivity index (χ4n) is 3.24. The predicted molar refractivity (Wildman–Crippen MR) is 50.0 cm³/mol. The molecule has 3 N–H and O–H groups in total. The van der Waals surface area contributed by atoms with Crippen molar-refractivity contribution in [1.29, 1.82) is 0 Å². The molecule has 77 valence electrons. The van der Waals surface area contributed by atoms with E-state index in [4.69, 9.17) is 5.11 Å². The molecule has 0 aromatic carbocycles. The number of hydrogen-bond donors (Lipinski definition) is 3. The van der Waals surface area contributed by atoms with E-state index in [1.807, 2.05) is 0 Å². The predicted octanol–water partition coefficient (Wildman–Crippen LogP) is 0.0223. The van der Waals surface area contributed by atoms with E-state index in [1.165, 1.54) is 6.42 Å². The Morgan fingerprint density at radius 3 is 2.71 bits per heavy atom. The van der Waals surface area contributed by atoms with Crippen molar-refractivity contribution < 1.29 is 9.90 Å². The van der Waals surface area contributed by atoms with Crippen LogP contribution in [0.15, 0.2) is 0 Å².